The van der Waals surface area contributed by atoms with Crippen molar-refractivity contribution in [2.24, 2.45) is 5.92 Å². The summed E-state index contributed by atoms with van der Waals surface area (Å²) in [5, 5.41) is 2.97. The number of amides is 1. The lowest BCUT2D eigenvalue weighted by atomic mass is 9.99. The maximum absolute atomic E-state index is 12.2. The maximum Gasteiger partial charge on any atom is 0.238 e. The number of fused-ring (bicyclic) bond motifs is 1. The summed E-state index contributed by atoms with van der Waals surface area (Å²) in [4.78, 5) is 12.2. The number of ether oxygens (including phenoxy) is 2. The summed E-state index contributed by atoms with van der Waals surface area (Å²) in [5.74, 6) is 2.04. The highest BCUT2D eigenvalue weighted by atomic mass is 16.6. The Balaban J connectivity index is 1.53. The molecule has 0 aliphatic carbocycles. The van der Waals surface area contributed by atoms with Crippen molar-refractivity contribution < 1.29 is 14.3 Å². The van der Waals surface area contributed by atoms with Crippen LogP contribution in [0.4, 0.5) is 0 Å². The number of hydrogen-bond acceptors (Lipinski definition) is 5. The predicted octanol–water partition coefficient (Wildman–Crippen LogP) is 0.965. The van der Waals surface area contributed by atoms with E-state index in [2.05, 4.69) is 30.0 Å². The first kappa shape index (κ1) is 15.1. The van der Waals surface area contributed by atoms with Crippen LogP contribution in [0.25, 0.3) is 0 Å². The fourth-order valence-electron chi connectivity index (χ4n) is 2.70. The first-order valence-corrected chi connectivity index (χ1v) is 7.81. The number of carbonyl (C=O) groups is 1. The van der Waals surface area contributed by atoms with Gasteiger partial charge in [-0.2, -0.15) is 0 Å². The van der Waals surface area contributed by atoms with E-state index in [1.54, 1.807) is 0 Å². The average molecular weight is 305 g/mol. The van der Waals surface area contributed by atoms with Crippen LogP contribution in [-0.4, -0.2) is 31.2 Å². The molecule has 1 fully saturated rings. The molecule has 0 radical (unpaired) electrons. The molecule has 120 valence electrons. The van der Waals surface area contributed by atoms with Gasteiger partial charge < -0.3 is 14.8 Å². The second-order valence-electron chi connectivity index (χ2n) is 6.12. The van der Waals surface area contributed by atoms with Gasteiger partial charge in [0.25, 0.3) is 0 Å². The molecule has 2 atom stereocenters. The van der Waals surface area contributed by atoms with E-state index in [9.17, 15) is 4.79 Å². The lowest BCUT2D eigenvalue weighted by molar-refractivity contribution is -0.123. The fraction of sp³-hybridized carbons (Fsp3) is 0.562. The number of nitrogens with one attached hydrogen (secondary N) is 3. The summed E-state index contributed by atoms with van der Waals surface area (Å²) in [6.07, 6.45) is 0.810. The second-order valence-corrected chi connectivity index (χ2v) is 6.12. The first-order valence-electron chi connectivity index (χ1n) is 7.81. The molecule has 3 N–H and O–H groups in total. The highest BCUT2D eigenvalue weighted by molar-refractivity contribution is 5.82. The van der Waals surface area contributed by atoms with Gasteiger partial charge in [0.2, 0.25) is 5.91 Å². The van der Waals surface area contributed by atoms with Crippen LogP contribution in [0.5, 0.6) is 11.5 Å². The van der Waals surface area contributed by atoms with Crippen LogP contribution in [0.15, 0.2) is 18.2 Å². The molecule has 6 heteroatoms. The van der Waals surface area contributed by atoms with Gasteiger partial charge in [-0.25, -0.2) is 5.43 Å². The van der Waals surface area contributed by atoms with Crippen LogP contribution in [0.3, 0.4) is 0 Å². The molecule has 1 aromatic carbocycles. The minimum Gasteiger partial charge on any atom is -0.486 e. The lowest BCUT2D eigenvalue weighted by Crippen LogP contribution is -2.43. The van der Waals surface area contributed by atoms with E-state index in [4.69, 9.17) is 9.47 Å². The minimum absolute atomic E-state index is 0.0190. The van der Waals surface area contributed by atoms with Crippen molar-refractivity contribution in [2.75, 3.05) is 13.2 Å². The highest BCUT2D eigenvalue weighted by Crippen LogP contribution is 2.30. The standard InChI is InChI=1S/C16H23N3O3/c1-10(2)12-8-13(19-18-12)16(20)17-9-11-3-4-14-15(7-11)22-6-5-21-14/h3-4,7,10,12-13,18-19H,5-6,8-9H2,1-2H3,(H,17,20). The molecule has 2 aliphatic rings. The molecular weight excluding hydrogens is 282 g/mol. The van der Waals surface area contributed by atoms with Crippen LogP contribution in [-0.2, 0) is 11.3 Å². The Kier molecular flexibility index (Phi) is 4.49. The molecule has 6 nitrogen and oxygen atoms in total. The van der Waals surface area contributed by atoms with Crippen molar-refractivity contribution in [3.8, 4) is 11.5 Å². The Morgan fingerprint density at radius 2 is 2.05 bits per heavy atom. The van der Waals surface area contributed by atoms with E-state index in [1.165, 1.54) is 0 Å². The van der Waals surface area contributed by atoms with Gasteiger partial charge in [0.1, 0.15) is 19.3 Å². The zero-order valence-electron chi connectivity index (χ0n) is 13.0. The normalized spacial score (nSPS) is 23.6. The molecule has 1 saturated heterocycles. The maximum atomic E-state index is 12.2. The molecule has 0 aromatic heterocycles. The zero-order chi connectivity index (χ0) is 15.5. The highest BCUT2D eigenvalue weighted by Gasteiger charge is 2.30. The van der Waals surface area contributed by atoms with Gasteiger partial charge in [0.05, 0.1) is 0 Å². The smallest absolute Gasteiger partial charge is 0.238 e. The van der Waals surface area contributed by atoms with E-state index >= 15 is 0 Å². The van der Waals surface area contributed by atoms with Gasteiger partial charge in [0.15, 0.2) is 11.5 Å². The SMILES string of the molecule is CC(C)C1CC(C(=O)NCc2ccc3c(c2)OCCO3)NN1. The molecule has 2 heterocycles. The topological polar surface area (TPSA) is 71.6 Å². The summed E-state index contributed by atoms with van der Waals surface area (Å²) in [6.45, 7) is 5.93. The van der Waals surface area contributed by atoms with Gasteiger partial charge in [-0.1, -0.05) is 19.9 Å². The van der Waals surface area contributed by atoms with Gasteiger partial charge in [-0.3, -0.25) is 10.2 Å². The van der Waals surface area contributed by atoms with Crippen molar-refractivity contribution in [1.29, 1.82) is 0 Å². The van der Waals surface area contributed by atoms with Crippen molar-refractivity contribution in [3.63, 3.8) is 0 Å². The van der Waals surface area contributed by atoms with Crippen molar-refractivity contribution in [2.45, 2.75) is 38.9 Å². The van der Waals surface area contributed by atoms with Crippen LogP contribution in [0.2, 0.25) is 0 Å². The molecule has 22 heavy (non-hydrogen) atoms. The minimum atomic E-state index is -0.176. The van der Waals surface area contributed by atoms with E-state index in [0.29, 0.717) is 31.7 Å². The van der Waals surface area contributed by atoms with Gasteiger partial charge in [-0.15, -0.1) is 0 Å². The first-order chi connectivity index (χ1) is 10.6. The molecule has 0 spiro atoms. The molecular formula is C16H23N3O3. The number of hydrogen-bond donors (Lipinski definition) is 3. The molecule has 0 bridgehead atoms. The van der Waals surface area contributed by atoms with Gasteiger partial charge >= 0.3 is 0 Å². The predicted molar refractivity (Wildman–Crippen MR) is 82.6 cm³/mol. The third-order valence-corrected chi connectivity index (χ3v) is 4.13. The van der Waals surface area contributed by atoms with Crippen LogP contribution >= 0.6 is 0 Å². The monoisotopic (exact) mass is 305 g/mol. The molecule has 1 aromatic rings. The average Bonchev–Trinajstić information content (AvgIpc) is 3.03. The zero-order valence-corrected chi connectivity index (χ0v) is 13.0. The summed E-state index contributed by atoms with van der Waals surface area (Å²) in [5.41, 5.74) is 7.25. The number of hydrazine groups is 1. The second kappa shape index (κ2) is 6.54. The van der Waals surface area contributed by atoms with Crippen molar-refractivity contribution in [1.82, 2.24) is 16.2 Å². The van der Waals surface area contributed by atoms with Gasteiger partial charge in [0, 0.05) is 12.6 Å². The summed E-state index contributed by atoms with van der Waals surface area (Å²) < 4.78 is 11.0. The summed E-state index contributed by atoms with van der Waals surface area (Å²) in [6, 6.07) is 5.92. The van der Waals surface area contributed by atoms with Crippen LogP contribution in [0.1, 0.15) is 25.8 Å². The van der Waals surface area contributed by atoms with Crippen molar-refractivity contribution >= 4 is 5.91 Å². The summed E-state index contributed by atoms with van der Waals surface area (Å²) >= 11 is 0. The molecule has 2 unspecified atom stereocenters. The Labute approximate surface area is 130 Å². The van der Waals surface area contributed by atoms with E-state index < -0.39 is 0 Å². The van der Waals surface area contributed by atoms with E-state index in [0.717, 1.165) is 23.5 Å². The fourth-order valence-corrected chi connectivity index (χ4v) is 2.70. The largest absolute Gasteiger partial charge is 0.486 e. The number of rotatable bonds is 4. The van der Waals surface area contributed by atoms with E-state index in [1.807, 2.05) is 18.2 Å². The Bertz CT molecular complexity index is 547. The lowest BCUT2D eigenvalue weighted by Gasteiger charge is -2.19. The Morgan fingerprint density at radius 3 is 2.77 bits per heavy atom. The number of carbonyl (C=O) groups excluding carboxylic acids is 1. The third-order valence-electron chi connectivity index (χ3n) is 4.13. The molecule has 0 saturated carbocycles. The van der Waals surface area contributed by atoms with E-state index in [-0.39, 0.29) is 11.9 Å². The van der Waals surface area contributed by atoms with Crippen LogP contribution in [0, 0.1) is 5.92 Å². The molecule has 3 rings (SSSR count). The van der Waals surface area contributed by atoms with Crippen molar-refractivity contribution in [3.05, 3.63) is 23.8 Å². The quantitative estimate of drug-likeness (QED) is 0.773. The Hall–Kier alpha value is -1.79. The molecule has 1 amide bonds. The van der Waals surface area contributed by atoms with Crippen LogP contribution < -0.4 is 25.6 Å². The number of benzene rings is 1. The Morgan fingerprint density at radius 1 is 1.27 bits per heavy atom. The summed E-state index contributed by atoms with van der Waals surface area (Å²) in [7, 11) is 0. The molecule has 2 aliphatic heterocycles. The van der Waals surface area contributed by atoms with Gasteiger partial charge in [-0.05, 0) is 30.0 Å². The third kappa shape index (κ3) is 3.34.